The van der Waals surface area contributed by atoms with Gasteiger partial charge in [-0.3, -0.25) is 4.72 Å². The molecule has 8 heteroatoms. The second kappa shape index (κ2) is 6.18. The molecule has 1 N–H and O–H groups in total. The lowest BCUT2D eigenvalue weighted by atomic mass is 10.2. The standard InChI is InChI=1S/C16H15BrFN3O2S/c1-10-19-16-14(20-24(2,22)23)7-12(17)8-15(16)21(10)9-11-3-5-13(18)6-4-11/h3-8,20H,9H2,1-2H3. The number of fused-ring (bicyclic) bond motifs is 1. The van der Waals surface area contributed by atoms with Crippen LogP contribution in [0.25, 0.3) is 11.0 Å². The number of hydrogen-bond acceptors (Lipinski definition) is 3. The van der Waals surface area contributed by atoms with Crippen molar-refractivity contribution in [3.8, 4) is 0 Å². The summed E-state index contributed by atoms with van der Waals surface area (Å²) in [7, 11) is -3.41. The number of halogens is 2. The molecule has 0 saturated heterocycles. The van der Waals surface area contributed by atoms with Crippen LogP contribution in [0.15, 0.2) is 40.9 Å². The summed E-state index contributed by atoms with van der Waals surface area (Å²) in [6.07, 6.45) is 1.10. The Morgan fingerprint density at radius 2 is 1.92 bits per heavy atom. The lowest BCUT2D eigenvalue weighted by molar-refractivity contribution is 0.607. The first-order valence-corrected chi connectivity index (χ1v) is 9.80. The molecule has 0 fully saturated rings. The fourth-order valence-electron chi connectivity index (χ4n) is 2.55. The zero-order chi connectivity index (χ0) is 17.5. The Morgan fingerprint density at radius 1 is 1.25 bits per heavy atom. The summed E-state index contributed by atoms with van der Waals surface area (Å²) in [5.41, 5.74) is 2.71. The summed E-state index contributed by atoms with van der Waals surface area (Å²) in [6, 6.07) is 9.82. The minimum atomic E-state index is -3.41. The van der Waals surface area contributed by atoms with Crippen molar-refractivity contribution in [3.63, 3.8) is 0 Å². The molecule has 3 rings (SSSR count). The Hall–Kier alpha value is -1.93. The van der Waals surface area contributed by atoms with Crippen molar-refractivity contribution in [2.45, 2.75) is 13.5 Å². The lowest BCUT2D eigenvalue weighted by Crippen LogP contribution is -2.10. The van der Waals surface area contributed by atoms with Gasteiger partial charge in [-0.1, -0.05) is 28.1 Å². The van der Waals surface area contributed by atoms with Gasteiger partial charge < -0.3 is 4.57 Å². The predicted octanol–water partition coefficient (Wildman–Crippen LogP) is 3.67. The fourth-order valence-corrected chi connectivity index (χ4v) is 3.55. The predicted molar refractivity (Wildman–Crippen MR) is 96.1 cm³/mol. The van der Waals surface area contributed by atoms with Crippen molar-refractivity contribution < 1.29 is 12.8 Å². The second-order valence-electron chi connectivity index (χ2n) is 5.57. The van der Waals surface area contributed by atoms with Gasteiger partial charge in [0.25, 0.3) is 0 Å². The van der Waals surface area contributed by atoms with E-state index in [9.17, 15) is 12.8 Å². The van der Waals surface area contributed by atoms with Crippen LogP contribution in [0.2, 0.25) is 0 Å². The second-order valence-corrected chi connectivity index (χ2v) is 8.23. The van der Waals surface area contributed by atoms with Crippen molar-refractivity contribution in [3.05, 3.63) is 58.1 Å². The molecule has 0 amide bonds. The molecule has 3 aromatic rings. The number of nitrogens with one attached hydrogen (secondary N) is 1. The first-order valence-electron chi connectivity index (χ1n) is 7.11. The average molecular weight is 412 g/mol. The first kappa shape index (κ1) is 16.9. The highest BCUT2D eigenvalue weighted by Gasteiger charge is 2.15. The molecule has 5 nitrogen and oxygen atoms in total. The van der Waals surface area contributed by atoms with Gasteiger partial charge in [-0.05, 0) is 36.8 Å². The van der Waals surface area contributed by atoms with Crippen LogP contribution in [-0.4, -0.2) is 24.2 Å². The van der Waals surface area contributed by atoms with E-state index in [1.54, 1.807) is 18.2 Å². The van der Waals surface area contributed by atoms with Gasteiger partial charge in [-0.2, -0.15) is 0 Å². The molecule has 2 aromatic carbocycles. The van der Waals surface area contributed by atoms with Crippen molar-refractivity contribution in [1.29, 1.82) is 0 Å². The van der Waals surface area contributed by atoms with Crippen LogP contribution in [0.1, 0.15) is 11.4 Å². The first-order chi connectivity index (χ1) is 11.2. The molecule has 126 valence electrons. The van der Waals surface area contributed by atoms with E-state index in [1.165, 1.54) is 12.1 Å². The minimum Gasteiger partial charge on any atom is -0.324 e. The number of aromatic nitrogens is 2. The maximum atomic E-state index is 13.1. The van der Waals surface area contributed by atoms with Gasteiger partial charge >= 0.3 is 0 Å². The highest BCUT2D eigenvalue weighted by atomic mass is 79.9. The Morgan fingerprint density at radius 3 is 2.54 bits per heavy atom. The van der Waals surface area contributed by atoms with Crippen LogP contribution in [0.5, 0.6) is 0 Å². The van der Waals surface area contributed by atoms with E-state index < -0.39 is 10.0 Å². The van der Waals surface area contributed by atoms with E-state index in [0.717, 1.165) is 27.6 Å². The lowest BCUT2D eigenvalue weighted by Gasteiger charge is -2.09. The third-order valence-corrected chi connectivity index (χ3v) is 4.61. The summed E-state index contributed by atoms with van der Waals surface area (Å²) >= 11 is 3.40. The van der Waals surface area contributed by atoms with Crippen LogP contribution in [0.3, 0.4) is 0 Å². The molecule has 0 spiro atoms. The number of benzene rings is 2. The van der Waals surface area contributed by atoms with Gasteiger partial charge in [0.2, 0.25) is 10.0 Å². The zero-order valence-electron chi connectivity index (χ0n) is 13.0. The van der Waals surface area contributed by atoms with E-state index in [4.69, 9.17) is 0 Å². The SMILES string of the molecule is Cc1nc2c(NS(C)(=O)=O)cc(Br)cc2n1Cc1ccc(F)cc1. The Labute approximate surface area is 147 Å². The van der Waals surface area contributed by atoms with Crippen molar-refractivity contribution in [1.82, 2.24) is 9.55 Å². The van der Waals surface area contributed by atoms with E-state index in [1.807, 2.05) is 17.6 Å². The number of anilines is 1. The largest absolute Gasteiger partial charge is 0.324 e. The highest BCUT2D eigenvalue weighted by Crippen LogP contribution is 2.30. The molecule has 0 bridgehead atoms. The molecule has 24 heavy (non-hydrogen) atoms. The number of aryl methyl sites for hydroxylation is 1. The average Bonchev–Trinajstić information content (AvgIpc) is 2.77. The van der Waals surface area contributed by atoms with E-state index in [2.05, 4.69) is 25.6 Å². The number of imidazole rings is 1. The number of sulfonamides is 1. The van der Waals surface area contributed by atoms with E-state index in [0.29, 0.717) is 17.7 Å². The van der Waals surface area contributed by atoms with Crippen LogP contribution in [0, 0.1) is 12.7 Å². The molecule has 1 heterocycles. The topological polar surface area (TPSA) is 64.0 Å². The van der Waals surface area contributed by atoms with E-state index in [-0.39, 0.29) is 5.82 Å². The third kappa shape index (κ3) is 3.59. The van der Waals surface area contributed by atoms with Crippen molar-refractivity contribution in [2.75, 3.05) is 11.0 Å². The number of nitrogens with zero attached hydrogens (tertiary/aromatic N) is 2. The van der Waals surface area contributed by atoms with Crippen LogP contribution >= 0.6 is 15.9 Å². The summed E-state index contributed by atoms with van der Waals surface area (Å²) in [5.74, 6) is 0.456. The molecular weight excluding hydrogens is 397 g/mol. The molecule has 0 aliphatic rings. The summed E-state index contributed by atoms with van der Waals surface area (Å²) in [6.45, 7) is 2.36. The molecule has 0 aliphatic carbocycles. The van der Waals surface area contributed by atoms with Crippen molar-refractivity contribution in [2.24, 2.45) is 0 Å². The highest BCUT2D eigenvalue weighted by molar-refractivity contribution is 9.10. The normalized spacial score (nSPS) is 11.8. The van der Waals surface area contributed by atoms with Gasteiger partial charge in [0.1, 0.15) is 17.2 Å². The monoisotopic (exact) mass is 411 g/mol. The van der Waals surface area contributed by atoms with Crippen molar-refractivity contribution >= 4 is 42.7 Å². The maximum absolute atomic E-state index is 13.1. The van der Waals surface area contributed by atoms with E-state index >= 15 is 0 Å². The molecular formula is C16H15BrFN3O2S. The smallest absolute Gasteiger partial charge is 0.229 e. The van der Waals surface area contributed by atoms with Crippen LogP contribution < -0.4 is 4.72 Å². The number of rotatable bonds is 4. The summed E-state index contributed by atoms with van der Waals surface area (Å²) < 4.78 is 41.4. The quantitative estimate of drug-likeness (QED) is 0.712. The summed E-state index contributed by atoms with van der Waals surface area (Å²) in [4.78, 5) is 4.49. The minimum absolute atomic E-state index is 0.284. The van der Waals surface area contributed by atoms with Gasteiger partial charge in [0.15, 0.2) is 0 Å². The Bertz CT molecular complexity index is 1010. The van der Waals surface area contributed by atoms with Crippen LogP contribution in [-0.2, 0) is 16.6 Å². The number of hydrogen-bond donors (Lipinski definition) is 1. The molecule has 0 aliphatic heterocycles. The Kier molecular flexibility index (Phi) is 4.35. The molecule has 1 aromatic heterocycles. The molecule has 0 atom stereocenters. The fraction of sp³-hybridized carbons (Fsp3) is 0.188. The van der Waals surface area contributed by atoms with Crippen LogP contribution in [0.4, 0.5) is 10.1 Å². The zero-order valence-corrected chi connectivity index (χ0v) is 15.4. The molecule has 0 saturated carbocycles. The molecule has 0 unspecified atom stereocenters. The Balaban J connectivity index is 2.12. The van der Waals surface area contributed by atoms with Gasteiger partial charge in [0, 0.05) is 11.0 Å². The maximum Gasteiger partial charge on any atom is 0.229 e. The van der Waals surface area contributed by atoms with Gasteiger partial charge in [-0.15, -0.1) is 0 Å². The summed E-state index contributed by atoms with van der Waals surface area (Å²) in [5, 5.41) is 0. The third-order valence-electron chi connectivity index (χ3n) is 3.56. The van der Waals surface area contributed by atoms with Gasteiger partial charge in [0.05, 0.1) is 17.5 Å². The van der Waals surface area contributed by atoms with Gasteiger partial charge in [-0.25, -0.2) is 17.8 Å². The molecule has 0 radical (unpaired) electrons.